The Morgan fingerprint density at radius 3 is 2.63 bits per heavy atom. The van der Waals surface area contributed by atoms with E-state index >= 15 is 0 Å². The number of aromatic nitrogens is 2. The van der Waals surface area contributed by atoms with Crippen LogP contribution in [-0.4, -0.2) is 29.4 Å². The zero-order chi connectivity index (χ0) is 24.5. The number of rotatable bonds is 9. The molecule has 0 atom stereocenters. The Morgan fingerprint density at radius 1 is 1.09 bits per heavy atom. The van der Waals surface area contributed by atoms with Gasteiger partial charge in [-0.05, 0) is 66.2 Å². The first-order valence-corrected chi connectivity index (χ1v) is 11.2. The predicted molar refractivity (Wildman–Crippen MR) is 138 cm³/mol. The van der Waals surface area contributed by atoms with Gasteiger partial charge in [0.25, 0.3) is 5.91 Å². The van der Waals surface area contributed by atoms with E-state index in [0.29, 0.717) is 23.0 Å². The number of nitrogens with one attached hydrogen (secondary N) is 2. The molecule has 0 aliphatic carbocycles. The maximum atomic E-state index is 12.3. The van der Waals surface area contributed by atoms with Crippen molar-refractivity contribution in [1.82, 2.24) is 15.6 Å². The number of halogens is 1. The summed E-state index contributed by atoms with van der Waals surface area (Å²) in [4.78, 5) is 12.3. The van der Waals surface area contributed by atoms with Gasteiger partial charge in [-0.3, -0.25) is 9.89 Å². The fraction of sp³-hybridized carbons (Fsp3) is 0.0741. The molecule has 0 saturated heterocycles. The highest BCUT2D eigenvalue weighted by molar-refractivity contribution is 6.30. The van der Waals surface area contributed by atoms with Crippen LogP contribution in [0, 0.1) is 0 Å². The highest BCUT2D eigenvalue weighted by Gasteiger charge is 2.10. The second kappa shape index (κ2) is 11.7. The van der Waals surface area contributed by atoms with Crippen molar-refractivity contribution in [3.8, 4) is 22.8 Å². The van der Waals surface area contributed by atoms with Crippen LogP contribution in [0.2, 0.25) is 5.02 Å². The number of carbonyl (C=O) groups excluding carboxylic acids is 1. The minimum atomic E-state index is -0.395. The summed E-state index contributed by atoms with van der Waals surface area (Å²) in [5.74, 6) is 1.09. The van der Waals surface area contributed by atoms with Crippen LogP contribution in [-0.2, 0) is 6.61 Å². The molecule has 1 aromatic heterocycles. The molecule has 2 N–H and O–H groups in total. The van der Waals surface area contributed by atoms with Crippen molar-refractivity contribution in [1.29, 1.82) is 0 Å². The van der Waals surface area contributed by atoms with Gasteiger partial charge in [-0.15, -0.1) is 0 Å². The number of aromatic amines is 1. The van der Waals surface area contributed by atoms with Gasteiger partial charge in [0, 0.05) is 22.4 Å². The van der Waals surface area contributed by atoms with E-state index in [-0.39, 0.29) is 0 Å². The summed E-state index contributed by atoms with van der Waals surface area (Å²) in [6, 6.07) is 24.3. The van der Waals surface area contributed by atoms with Crippen molar-refractivity contribution in [2.45, 2.75) is 6.61 Å². The average Bonchev–Trinajstić information content (AvgIpc) is 3.39. The zero-order valence-corrected chi connectivity index (χ0v) is 19.7. The number of ether oxygens (including phenoxy) is 2. The van der Waals surface area contributed by atoms with Gasteiger partial charge < -0.3 is 9.47 Å². The van der Waals surface area contributed by atoms with E-state index in [2.05, 4.69) is 20.7 Å². The van der Waals surface area contributed by atoms with E-state index < -0.39 is 5.91 Å². The largest absolute Gasteiger partial charge is 0.496 e. The number of methoxy groups -OCH3 is 1. The van der Waals surface area contributed by atoms with Crippen LogP contribution in [0.1, 0.15) is 21.6 Å². The molecule has 1 amide bonds. The van der Waals surface area contributed by atoms with Gasteiger partial charge in [-0.1, -0.05) is 41.9 Å². The molecular formula is C27H23ClN4O3. The minimum absolute atomic E-state index is 0.300. The van der Waals surface area contributed by atoms with E-state index in [4.69, 9.17) is 21.1 Å². The molecule has 0 bridgehead atoms. The first-order chi connectivity index (χ1) is 17.1. The SMILES string of the molecule is COc1ccccc1/C=C/C=N\NC(=O)c1cc(-c2ccc(OCc3ccc(Cl)cc3)cc2)n[nH]1. The number of benzene rings is 3. The molecule has 0 unspecified atom stereocenters. The lowest BCUT2D eigenvalue weighted by molar-refractivity contribution is 0.0950. The average molecular weight is 487 g/mol. The number of amides is 1. The number of H-pyrrole nitrogens is 1. The second-order valence-electron chi connectivity index (χ2n) is 7.43. The molecule has 4 aromatic rings. The monoisotopic (exact) mass is 486 g/mol. The number of hydrogen-bond donors (Lipinski definition) is 2. The molecule has 8 heteroatoms. The van der Waals surface area contributed by atoms with Crippen molar-refractivity contribution in [3.05, 3.63) is 107 Å². The number of hydrogen-bond acceptors (Lipinski definition) is 5. The number of carbonyl (C=O) groups is 1. The Labute approximate surface area is 208 Å². The molecule has 7 nitrogen and oxygen atoms in total. The van der Waals surface area contributed by atoms with E-state index in [1.165, 1.54) is 6.21 Å². The maximum absolute atomic E-state index is 12.3. The molecule has 0 fully saturated rings. The lowest BCUT2D eigenvalue weighted by Crippen LogP contribution is -2.17. The quantitative estimate of drug-likeness (QED) is 0.233. The van der Waals surface area contributed by atoms with Gasteiger partial charge in [-0.25, -0.2) is 5.43 Å². The summed E-state index contributed by atoms with van der Waals surface area (Å²) in [7, 11) is 1.62. The topological polar surface area (TPSA) is 88.6 Å². The number of allylic oxidation sites excluding steroid dienone is 1. The third-order valence-electron chi connectivity index (χ3n) is 5.03. The molecule has 0 aliphatic heterocycles. The Bertz CT molecular complexity index is 1330. The fourth-order valence-corrected chi connectivity index (χ4v) is 3.33. The molecular weight excluding hydrogens is 464 g/mol. The summed E-state index contributed by atoms with van der Waals surface area (Å²) in [6.07, 6.45) is 5.04. The summed E-state index contributed by atoms with van der Waals surface area (Å²) in [5.41, 5.74) is 6.20. The van der Waals surface area contributed by atoms with Crippen LogP contribution < -0.4 is 14.9 Å². The van der Waals surface area contributed by atoms with Gasteiger partial charge >= 0.3 is 0 Å². The number of hydrazone groups is 1. The van der Waals surface area contributed by atoms with Gasteiger partial charge in [0.1, 0.15) is 23.8 Å². The standard InChI is InChI=1S/C27H23ClN4O3/c1-34-26-7-3-2-5-21(26)6-4-16-29-32-27(33)25-17-24(30-31-25)20-10-14-23(15-11-20)35-18-19-8-12-22(28)13-9-19/h2-17H,18H2,1H3,(H,30,31)(H,32,33)/b6-4+,29-16-. The highest BCUT2D eigenvalue weighted by Crippen LogP contribution is 2.22. The first kappa shape index (κ1) is 23.8. The fourth-order valence-electron chi connectivity index (χ4n) is 3.21. The van der Waals surface area contributed by atoms with Crippen molar-refractivity contribution in [3.63, 3.8) is 0 Å². The van der Waals surface area contributed by atoms with Gasteiger partial charge in [-0.2, -0.15) is 10.2 Å². The van der Waals surface area contributed by atoms with Gasteiger partial charge in [0.2, 0.25) is 0 Å². The van der Waals surface area contributed by atoms with E-state index in [9.17, 15) is 4.79 Å². The Balaban J connectivity index is 1.30. The Kier molecular flexibility index (Phi) is 7.93. The zero-order valence-electron chi connectivity index (χ0n) is 18.9. The predicted octanol–water partition coefficient (Wildman–Crippen LogP) is 5.75. The van der Waals surface area contributed by atoms with Crippen molar-refractivity contribution in [2.24, 2.45) is 5.10 Å². The van der Waals surface area contributed by atoms with Gasteiger partial charge in [0.15, 0.2) is 0 Å². The van der Waals surface area contributed by atoms with E-state index in [0.717, 1.165) is 28.2 Å². The third kappa shape index (κ3) is 6.59. The minimum Gasteiger partial charge on any atom is -0.496 e. The number of nitrogens with zero attached hydrogens (tertiary/aromatic N) is 2. The van der Waals surface area contributed by atoms with Gasteiger partial charge in [0.05, 0.1) is 12.8 Å². The van der Waals surface area contributed by atoms with E-state index in [1.807, 2.05) is 78.9 Å². The molecule has 35 heavy (non-hydrogen) atoms. The summed E-state index contributed by atoms with van der Waals surface area (Å²) in [6.45, 7) is 0.442. The van der Waals surface area contributed by atoms with Crippen LogP contribution in [0.3, 0.4) is 0 Å². The molecule has 3 aromatic carbocycles. The molecule has 0 spiro atoms. The summed E-state index contributed by atoms with van der Waals surface area (Å²) >= 11 is 5.91. The van der Waals surface area contributed by atoms with Crippen LogP contribution >= 0.6 is 11.6 Å². The molecule has 4 rings (SSSR count). The van der Waals surface area contributed by atoms with Crippen LogP contribution in [0.15, 0.2) is 90.0 Å². The lowest BCUT2D eigenvalue weighted by atomic mass is 10.1. The van der Waals surface area contributed by atoms with Crippen LogP contribution in [0.5, 0.6) is 11.5 Å². The highest BCUT2D eigenvalue weighted by atomic mass is 35.5. The summed E-state index contributed by atoms with van der Waals surface area (Å²) in [5, 5.41) is 11.6. The molecule has 0 aliphatic rings. The Hall–Kier alpha value is -4.36. The maximum Gasteiger partial charge on any atom is 0.289 e. The van der Waals surface area contributed by atoms with Crippen molar-refractivity contribution in [2.75, 3.05) is 7.11 Å². The van der Waals surface area contributed by atoms with Crippen LogP contribution in [0.4, 0.5) is 0 Å². The normalized spacial score (nSPS) is 11.1. The number of para-hydroxylation sites is 1. The molecule has 1 heterocycles. The first-order valence-electron chi connectivity index (χ1n) is 10.8. The smallest absolute Gasteiger partial charge is 0.289 e. The van der Waals surface area contributed by atoms with Crippen molar-refractivity contribution < 1.29 is 14.3 Å². The summed E-state index contributed by atoms with van der Waals surface area (Å²) < 4.78 is 11.1. The van der Waals surface area contributed by atoms with Crippen LogP contribution in [0.25, 0.3) is 17.3 Å². The molecule has 0 saturated carbocycles. The molecule has 0 radical (unpaired) electrons. The third-order valence-corrected chi connectivity index (χ3v) is 5.28. The van der Waals surface area contributed by atoms with E-state index in [1.54, 1.807) is 19.3 Å². The lowest BCUT2D eigenvalue weighted by Gasteiger charge is -2.07. The second-order valence-corrected chi connectivity index (χ2v) is 7.86. The molecule has 176 valence electrons. The Morgan fingerprint density at radius 2 is 1.86 bits per heavy atom. The van der Waals surface area contributed by atoms with Crippen molar-refractivity contribution >= 4 is 29.8 Å².